The zero-order valence-corrected chi connectivity index (χ0v) is 16.5. The molecule has 0 atom stereocenters. The van der Waals surface area contributed by atoms with Gasteiger partial charge in [-0.2, -0.15) is 0 Å². The molecule has 1 heterocycles. The molecule has 0 radical (unpaired) electrons. The summed E-state index contributed by atoms with van der Waals surface area (Å²) < 4.78 is 17.2. The first-order valence-corrected chi connectivity index (χ1v) is 8.75. The van der Waals surface area contributed by atoms with Crippen LogP contribution >= 0.6 is 22.6 Å². The fourth-order valence-electron chi connectivity index (χ4n) is 2.78. The van der Waals surface area contributed by atoms with Crippen molar-refractivity contribution in [3.63, 3.8) is 0 Å². The van der Waals surface area contributed by atoms with Crippen LogP contribution in [0, 0.1) is 3.57 Å². The van der Waals surface area contributed by atoms with E-state index in [1.807, 2.05) is 24.3 Å². The maximum Gasteiger partial charge on any atom is 0.345 e. The fourth-order valence-corrected chi connectivity index (χ4v) is 3.67. The summed E-state index contributed by atoms with van der Waals surface area (Å²) in [4.78, 5) is 24.8. The van der Waals surface area contributed by atoms with Crippen molar-refractivity contribution in [3.05, 3.63) is 45.0 Å². The van der Waals surface area contributed by atoms with Gasteiger partial charge in [-0.25, -0.2) is 4.79 Å². The molecule has 0 aliphatic carbocycles. The summed E-state index contributed by atoms with van der Waals surface area (Å²) in [6.07, 6.45) is 0. The van der Waals surface area contributed by atoms with Gasteiger partial charge in [0.25, 0.3) is 0 Å². The van der Waals surface area contributed by atoms with Gasteiger partial charge in [0.15, 0.2) is 5.78 Å². The molecule has 0 fully saturated rings. The molecule has 2 aromatic rings. The maximum atomic E-state index is 12.7. The average Bonchev–Trinajstić information content (AvgIpc) is 2.54. The summed E-state index contributed by atoms with van der Waals surface area (Å²) in [5.74, 6) is -0.801. The normalized spacial score (nSPS) is 15.0. The first-order chi connectivity index (χ1) is 11.7. The van der Waals surface area contributed by atoms with E-state index in [0.717, 1.165) is 9.13 Å². The minimum atomic E-state index is -1.13. The second kappa shape index (κ2) is 6.33. The highest BCUT2D eigenvalue weighted by atomic mass is 127. The predicted octanol–water partition coefficient (Wildman–Crippen LogP) is 4.45. The van der Waals surface area contributed by atoms with E-state index in [-0.39, 0.29) is 17.1 Å². The third-order valence-electron chi connectivity index (χ3n) is 3.88. The van der Waals surface area contributed by atoms with Crippen LogP contribution < -0.4 is 9.47 Å². The van der Waals surface area contributed by atoms with Crippen LogP contribution in [-0.2, 0) is 4.74 Å². The van der Waals surface area contributed by atoms with Crippen molar-refractivity contribution < 1.29 is 23.8 Å². The van der Waals surface area contributed by atoms with Crippen LogP contribution in [0.5, 0.6) is 11.5 Å². The second-order valence-electron chi connectivity index (χ2n) is 6.16. The van der Waals surface area contributed by atoms with Crippen molar-refractivity contribution in [1.29, 1.82) is 0 Å². The minimum Gasteiger partial charge on any atom is -0.497 e. The van der Waals surface area contributed by atoms with E-state index in [0.29, 0.717) is 16.9 Å². The Balaban J connectivity index is 2.30. The van der Waals surface area contributed by atoms with Crippen LogP contribution in [0.3, 0.4) is 0 Å². The van der Waals surface area contributed by atoms with Crippen molar-refractivity contribution in [1.82, 2.24) is 0 Å². The van der Waals surface area contributed by atoms with Crippen LogP contribution in [0.15, 0.2) is 30.3 Å². The Morgan fingerprint density at radius 1 is 1.12 bits per heavy atom. The van der Waals surface area contributed by atoms with Crippen LogP contribution in [0.25, 0.3) is 11.1 Å². The molecular weight excluding hydrogens is 435 g/mol. The highest BCUT2D eigenvalue weighted by Gasteiger charge is 2.39. The zero-order valence-electron chi connectivity index (χ0n) is 14.3. The van der Waals surface area contributed by atoms with Crippen LogP contribution in [-0.4, -0.2) is 24.6 Å². The van der Waals surface area contributed by atoms with Crippen LogP contribution in [0.1, 0.15) is 41.5 Å². The summed E-state index contributed by atoms with van der Waals surface area (Å²) in [7, 11) is 1.59. The topological polar surface area (TPSA) is 61.8 Å². The van der Waals surface area contributed by atoms with E-state index in [1.54, 1.807) is 27.0 Å². The van der Waals surface area contributed by atoms with E-state index in [9.17, 15) is 9.59 Å². The van der Waals surface area contributed by atoms with Gasteiger partial charge in [-0.15, -0.1) is 0 Å². The van der Waals surface area contributed by atoms with Crippen LogP contribution in [0.4, 0.5) is 0 Å². The molecule has 0 spiro atoms. The lowest BCUT2D eigenvalue weighted by Crippen LogP contribution is -2.40. The molecule has 0 unspecified atom stereocenters. The lowest BCUT2D eigenvalue weighted by Gasteiger charge is -2.34. The number of halogens is 1. The first-order valence-electron chi connectivity index (χ1n) is 7.67. The van der Waals surface area contributed by atoms with E-state index >= 15 is 0 Å². The Labute approximate surface area is 159 Å². The van der Waals surface area contributed by atoms with Gasteiger partial charge in [0.1, 0.15) is 17.1 Å². The Bertz CT molecular complexity index is 868. The van der Waals surface area contributed by atoms with E-state index in [4.69, 9.17) is 14.2 Å². The number of hydrogen-bond acceptors (Lipinski definition) is 5. The Kier molecular flexibility index (Phi) is 4.49. The fraction of sp³-hybridized carbons (Fsp3) is 0.263. The minimum absolute atomic E-state index is 0.166. The number of fused-ring (bicyclic) bond motifs is 1. The molecule has 3 rings (SSSR count). The molecule has 0 N–H and O–H groups in total. The van der Waals surface area contributed by atoms with Crippen molar-refractivity contribution >= 4 is 34.3 Å². The lowest BCUT2D eigenvalue weighted by atomic mass is 9.94. The zero-order chi connectivity index (χ0) is 18.4. The third-order valence-corrected chi connectivity index (χ3v) is 4.73. The van der Waals surface area contributed by atoms with Gasteiger partial charge in [-0.05, 0) is 53.3 Å². The van der Waals surface area contributed by atoms with E-state index in [2.05, 4.69) is 22.6 Å². The number of hydrogen-bond donors (Lipinski definition) is 0. The standard InChI is InChI=1S/C19H17IO5/c1-10(21)13-9-14(20)15(11-5-7-12(23-4)8-6-11)16-17(13)24-19(2,3)25-18(16)22/h5-9H,1-4H3. The third kappa shape index (κ3) is 3.22. The van der Waals surface area contributed by atoms with Gasteiger partial charge in [-0.3, -0.25) is 4.79 Å². The van der Waals surface area contributed by atoms with Gasteiger partial charge in [-0.1, -0.05) is 12.1 Å². The SMILES string of the molecule is COc1ccc(-c2c(I)cc(C(C)=O)c3c2C(=O)OC(C)(C)O3)cc1. The van der Waals surface area contributed by atoms with Gasteiger partial charge < -0.3 is 14.2 Å². The largest absolute Gasteiger partial charge is 0.497 e. The van der Waals surface area contributed by atoms with Gasteiger partial charge >= 0.3 is 5.97 Å². The summed E-state index contributed by atoms with van der Waals surface area (Å²) in [5.41, 5.74) is 2.16. The van der Waals surface area contributed by atoms with Crippen LogP contribution in [0.2, 0.25) is 0 Å². The summed E-state index contributed by atoms with van der Waals surface area (Å²) in [6, 6.07) is 9.09. The molecule has 0 aromatic heterocycles. The molecule has 0 amide bonds. The van der Waals surface area contributed by atoms with Gasteiger partial charge in [0.05, 0.1) is 12.7 Å². The molecule has 0 saturated carbocycles. The van der Waals surface area contributed by atoms with Crippen molar-refractivity contribution in [2.75, 3.05) is 7.11 Å². The summed E-state index contributed by atoms with van der Waals surface area (Å²) >= 11 is 2.12. The second-order valence-corrected chi connectivity index (χ2v) is 7.32. The molecule has 2 aromatic carbocycles. The molecule has 25 heavy (non-hydrogen) atoms. The average molecular weight is 452 g/mol. The van der Waals surface area contributed by atoms with Crippen molar-refractivity contribution in [2.45, 2.75) is 26.6 Å². The van der Waals surface area contributed by atoms with E-state index in [1.165, 1.54) is 6.92 Å². The number of benzene rings is 2. The first kappa shape index (κ1) is 17.7. The molecule has 5 nitrogen and oxygen atoms in total. The number of carbonyl (C=O) groups is 2. The Morgan fingerprint density at radius 3 is 2.32 bits per heavy atom. The lowest BCUT2D eigenvalue weighted by molar-refractivity contribution is -0.127. The molecular formula is C19H17IO5. The van der Waals surface area contributed by atoms with Crippen molar-refractivity contribution in [3.8, 4) is 22.6 Å². The van der Waals surface area contributed by atoms with Crippen molar-refractivity contribution in [2.24, 2.45) is 0 Å². The number of carbonyl (C=O) groups excluding carboxylic acids is 2. The number of rotatable bonds is 3. The number of methoxy groups -OCH3 is 1. The van der Waals surface area contributed by atoms with Gasteiger partial charge in [0, 0.05) is 23.0 Å². The number of esters is 1. The Hall–Kier alpha value is -2.09. The molecule has 0 saturated heterocycles. The monoisotopic (exact) mass is 452 g/mol. The van der Waals surface area contributed by atoms with E-state index < -0.39 is 11.8 Å². The summed E-state index contributed by atoms with van der Waals surface area (Å²) in [5, 5.41) is 0. The molecule has 6 heteroatoms. The molecule has 1 aliphatic heterocycles. The quantitative estimate of drug-likeness (QED) is 0.391. The molecule has 0 bridgehead atoms. The number of Topliss-reactive ketones (excluding diaryl/α,β-unsaturated/α-hetero) is 1. The number of ketones is 1. The highest BCUT2D eigenvalue weighted by Crippen LogP contribution is 2.43. The highest BCUT2D eigenvalue weighted by molar-refractivity contribution is 14.1. The number of ether oxygens (including phenoxy) is 3. The number of cyclic esters (lactones) is 1. The molecule has 130 valence electrons. The predicted molar refractivity (Wildman–Crippen MR) is 101 cm³/mol. The Morgan fingerprint density at radius 2 is 1.76 bits per heavy atom. The smallest absolute Gasteiger partial charge is 0.345 e. The van der Waals surface area contributed by atoms with Gasteiger partial charge in [0.2, 0.25) is 5.79 Å². The maximum absolute atomic E-state index is 12.7. The summed E-state index contributed by atoms with van der Waals surface area (Å²) in [6.45, 7) is 4.74. The molecule has 1 aliphatic rings.